The molecule has 15 nitrogen and oxygen atoms in total. The zero-order valence-corrected chi connectivity index (χ0v) is 38.3. The summed E-state index contributed by atoms with van der Waals surface area (Å²) in [7, 11) is 8.71. The Labute approximate surface area is 380 Å². The molecule has 0 aliphatic carbocycles. The van der Waals surface area contributed by atoms with Gasteiger partial charge < -0.3 is 39.0 Å². The number of imide groups is 1. The number of methoxy groups -OCH3 is 2. The van der Waals surface area contributed by atoms with Crippen LogP contribution in [0.25, 0.3) is 21.2 Å². The largest absolute Gasteiger partial charge is 0.496 e. The Balaban J connectivity index is 0.768. The summed E-state index contributed by atoms with van der Waals surface area (Å²) >= 11 is 1.11. The van der Waals surface area contributed by atoms with Gasteiger partial charge in [0.1, 0.15) is 17.5 Å². The van der Waals surface area contributed by atoms with Gasteiger partial charge in [-0.3, -0.25) is 34.2 Å². The van der Waals surface area contributed by atoms with Crippen LogP contribution in [0.4, 0.5) is 14.5 Å². The van der Waals surface area contributed by atoms with Crippen molar-refractivity contribution in [2.45, 2.75) is 63.2 Å². The second kappa shape index (κ2) is 17.4. The molecule has 2 unspecified atom stereocenters. The number of carbonyl (C=O) groups is 4. The monoisotopic (exact) mass is 914 g/mol. The van der Waals surface area contributed by atoms with Crippen molar-refractivity contribution in [1.29, 1.82) is 0 Å². The number of nitrogens with one attached hydrogen (secondary N) is 2. The Bertz CT molecular complexity index is 2590. The number of ether oxygens (including phenoxy) is 2. The van der Waals surface area contributed by atoms with E-state index >= 15 is 8.78 Å². The van der Waals surface area contributed by atoms with E-state index in [0.717, 1.165) is 72.7 Å². The van der Waals surface area contributed by atoms with E-state index in [0.29, 0.717) is 71.9 Å². The van der Waals surface area contributed by atoms with Crippen molar-refractivity contribution in [2.24, 2.45) is 12.5 Å². The van der Waals surface area contributed by atoms with Gasteiger partial charge in [0.25, 0.3) is 23.3 Å². The van der Waals surface area contributed by atoms with E-state index in [1.807, 2.05) is 43.3 Å². The van der Waals surface area contributed by atoms with Gasteiger partial charge in [-0.25, -0.2) is 8.78 Å². The predicted molar refractivity (Wildman–Crippen MR) is 243 cm³/mol. The number of pyridine rings is 1. The quantitative estimate of drug-likeness (QED) is 0.198. The van der Waals surface area contributed by atoms with E-state index in [1.165, 1.54) is 10.6 Å². The molecule has 0 radical (unpaired) electrons. The molecule has 9 rings (SSSR count). The van der Waals surface area contributed by atoms with Crippen LogP contribution in [0.2, 0.25) is 0 Å². The first-order valence-electron chi connectivity index (χ1n) is 22.2. The minimum Gasteiger partial charge on any atom is -0.496 e. The molecule has 5 aliphatic rings. The lowest BCUT2D eigenvalue weighted by molar-refractivity contribution is -0.136. The number of piperidine rings is 3. The number of amides is 4. The summed E-state index contributed by atoms with van der Waals surface area (Å²) in [5.74, 6) is -3.46. The summed E-state index contributed by atoms with van der Waals surface area (Å²) < 4.78 is 45.1. The summed E-state index contributed by atoms with van der Waals surface area (Å²) in [4.78, 5) is 74.5. The van der Waals surface area contributed by atoms with E-state index in [2.05, 4.69) is 26.5 Å². The molecule has 2 aromatic heterocycles. The van der Waals surface area contributed by atoms with Crippen LogP contribution in [0, 0.1) is 5.41 Å². The summed E-state index contributed by atoms with van der Waals surface area (Å²) in [6.07, 6.45) is 4.38. The number of thiophene rings is 1. The third-order valence-corrected chi connectivity index (χ3v) is 15.2. The average Bonchev–Trinajstić information content (AvgIpc) is 3.86. The third-order valence-electron chi connectivity index (χ3n) is 14.0. The zero-order valence-electron chi connectivity index (χ0n) is 37.5. The molecule has 5 aliphatic heterocycles. The van der Waals surface area contributed by atoms with Gasteiger partial charge in [-0.15, -0.1) is 11.3 Å². The van der Waals surface area contributed by atoms with Crippen molar-refractivity contribution in [1.82, 2.24) is 34.8 Å². The fraction of sp³-hybridized carbons (Fsp3) is 0.511. The summed E-state index contributed by atoms with van der Waals surface area (Å²) in [5.41, 5.74) is 4.73. The molecule has 4 saturated heterocycles. The summed E-state index contributed by atoms with van der Waals surface area (Å²) in [5, 5.41) is 5.31. The van der Waals surface area contributed by atoms with Crippen molar-refractivity contribution in [3.63, 3.8) is 0 Å². The number of benzene rings is 2. The van der Waals surface area contributed by atoms with Gasteiger partial charge in [0.15, 0.2) is 0 Å². The van der Waals surface area contributed by atoms with Crippen LogP contribution in [-0.4, -0.2) is 146 Å². The minimum absolute atomic E-state index is 0.0975. The lowest BCUT2D eigenvalue weighted by atomic mass is 9.71. The number of carbonyl (C=O) groups excluding carboxylic acids is 4. The molecule has 4 amide bonds. The summed E-state index contributed by atoms with van der Waals surface area (Å²) in [6, 6.07) is 9.15. The molecule has 65 heavy (non-hydrogen) atoms. The molecule has 2 atom stereocenters. The van der Waals surface area contributed by atoms with E-state index in [4.69, 9.17) is 9.47 Å². The van der Waals surface area contributed by atoms with Crippen LogP contribution in [0.1, 0.15) is 63.3 Å². The fourth-order valence-electron chi connectivity index (χ4n) is 10.3. The zero-order chi connectivity index (χ0) is 45.9. The number of likely N-dealkylation sites (tertiary alicyclic amines) is 2. The maximum Gasteiger partial charge on any atom is 0.280 e. The molecule has 4 aromatic rings. The Kier molecular flexibility index (Phi) is 12.0. The Morgan fingerprint density at radius 3 is 2.29 bits per heavy atom. The van der Waals surface area contributed by atoms with Gasteiger partial charge in [0.05, 0.1) is 42.6 Å². The first-order valence-corrected chi connectivity index (χ1v) is 23.1. The molecule has 2 N–H and O–H groups in total. The Morgan fingerprint density at radius 1 is 0.923 bits per heavy atom. The number of anilines is 1. The minimum atomic E-state index is -3.15. The molecule has 18 heteroatoms. The normalized spacial score (nSPS) is 22.1. The lowest BCUT2D eigenvalue weighted by Crippen LogP contribution is -2.61. The Morgan fingerprint density at radius 2 is 1.63 bits per heavy atom. The predicted octanol–water partition coefficient (Wildman–Crippen LogP) is 4.15. The molecule has 4 fully saturated rings. The first-order chi connectivity index (χ1) is 31.0. The number of fused-ring (bicyclic) bond motifs is 2. The average molecular weight is 915 g/mol. The highest BCUT2D eigenvalue weighted by molar-refractivity contribution is 7.21. The first kappa shape index (κ1) is 44.8. The van der Waals surface area contributed by atoms with Crippen molar-refractivity contribution in [2.75, 3.05) is 85.6 Å². The number of alkyl halides is 2. The highest BCUT2D eigenvalue weighted by Gasteiger charge is 2.47. The highest BCUT2D eigenvalue weighted by Crippen LogP contribution is 2.44. The number of hydrogen-bond acceptors (Lipinski definition) is 12. The van der Waals surface area contributed by atoms with E-state index in [1.54, 1.807) is 37.3 Å². The number of aryl methyl sites for hydroxylation is 1. The highest BCUT2D eigenvalue weighted by atomic mass is 32.1. The lowest BCUT2D eigenvalue weighted by Gasteiger charge is -2.55. The van der Waals surface area contributed by atoms with Crippen LogP contribution >= 0.6 is 11.3 Å². The maximum absolute atomic E-state index is 15.8. The topological polar surface area (TPSA) is 149 Å². The second-order valence-corrected chi connectivity index (χ2v) is 19.8. The molecule has 7 heterocycles. The molecule has 0 bridgehead atoms. The number of hydrogen-bond donors (Lipinski definition) is 2. The van der Waals surface area contributed by atoms with E-state index < -0.39 is 36.4 Å². The molecule has 0 saturated carbocycles. The molecule has 2 aromatic carbocycles. The second-order valence-electron chi connectivity index (χ2n) is 18.7. The van der Waals surface area contributed by atoms with Crippen molar-refractivity contribution in [3.05, 3.63) is 74.5 Å². The van der Waals surface area contributed by atoms with Gasteiger partial charge in [0, 0.05) is 92.4 Å². The third kappa shape index (κ3) is 8.61. The summed E-state index contributed by atoms with van der Waals surface area (Å²) in [6.45, 7) is 5.68. The van der Waals surface area contributed by atoms with Crippen LogP contribution in [-0.2, 0) is 29.7 Å². The fourth-order valence-corrected chi connectivity index (χ4v) is 11.4. The van der Waals surface area contributed by atoms with Crippen LogP contribution < -0.4 is 30.6 Å². The standard InChI is InChI=1S/C47H56F2N8O7S/c1-52(2)23-34-36(63-4)19-28(20-37(34)64-5)33-24-53(3)44(61)32-21-38(65-41(32)33)43(60)50-39-10-13-55(27-47(39,48)49)17-16-54-14-11-46(12-15-54)25-56(26-46)30-6-7-31-29(18-30)22-57(45(31)62)35-8-9-40(58)51-42(35)59/h6-7,18-21,24,35,39H,8-17,22-23,25-27H2,1-5H3,(H,50,60)(H,51,58,59). The smallest absolute Gasteiger partial charge is 0.280 e. The van der Waals surface area contributed by atoms with Gasteiger partial charge in [-0.1, -0.05) is 0 Å². The van der Waals surface area contributed by atoms with E-state index in [9.17, 15) is 24.0 Å². The molecule has 1 spiro atoms. The van der Waals surface area contributed by atoms with Gasteiger partial charge in [0.2, 0.25) is 11.8 Å². The van der Waals surface area contributed by atoms with Crippen LogP contribution in [0.5, 0.6) is 11.5 Å². The molecular weight excluding hydrogens is 859 g/mol. The molecule has 346 valence electrons. The number of aromatic nitrogens is 1. The van der Waals surface area contributed by atoms with Gasteiger partial charge in [-0.2, -0.15) is 0 Å². The Hall–Kier alpha value is -5.43. The van der Waals surface area contributed by atoms with E-state index in [-0.39, 0.29) is 40.5 Å². The van der Waals surface area contributed by atoms with Crippen molar-refractivity contribution < 1.29 is 37.4 Å². The number of halogens is 2. The van der Waals surface area contributed by atoms with Crippen LogP contribution in [0.15, 0.2) is 47.4 Å². The maximum atomic E-state index is 15.8. The van der Waals surface area contributed by atoms with Gasteiger partial charge in [-0.05, 0) is 100 Å². The van der Waals surface area contributed by atoms with Gasteiger partial charge >= 0.3 is 0 Å². The molecular formula is C47H56F2N8O7S. The SMILES string of the molecule is COc1cc(-c2cn(C)c(=O)c3cc(C(=O)NC4CCN(CCN5CCC6(CC5)CN(c5ccc7c(c5)CN(C5CCC(=O)NC5=O)C7=O)C6)CC4(F)F)sc23)cc(OC)c1CN(C)C. The number of nitrogens with zero attached hydrogens (tertiary/aromatic N) is 6. The number of rotatable bonds is 12. The van der Waals surface area contributed by atoms with Crippen molar-refractivity contribution in [3.8, 4) is 22.6 Å². The van der Waals surface area contributed by atoms with Crippen LogP contribution in [0.3, 0.4) is 0 Å². The van der Waals surface area contributed by atoms with Crippen molar-refractivity contribution >= 4 is 50.7 Å².